The highest BCUT2D eigenvalue weighted by molar-refractivity contribution is 7.86. The summed E-state index contributed by atoms with van der Waals surface area (Å²) >= 11 is 0. The van der Waals surface area contributed by atoms with Crippen molar-refractivity contribution < 1.29 is 27.3 Å². The van der Waals surface area contributed by atoms with Crippen molar-refractivity contribution >= 4 is 21.7 Å². The van der Waals surface area contributed by atoms with Crippen molar-refractivity contribution in [1.29, 1.82) is 0 Å². The maximum absolute atomic E-state index is 13.2. The minimum atomic E-state index is -3.89. The van der Waals surface area contributed by atoms with E-state index in [2.05, 4.69) is 10.0 Å². The smallest absolute Gasteiger partial charge is 0.264 e. The lowest BCUT2D eigenvalue weighted by atomic mass is 9.79. The summed E-state index contributed by atoms with van der Waals surface area (Å²) in [6.07, 6.45) is -0.257. The van der Waals surface area contributed by atoms with Gasteiger partial charge in [0, 0.05) is 33.6 Å². The van der Waals surface area contributed by atoms with E-state index >= 15 is 0 Å². The zero-order valence-electron chi connectivity index (χ0n) is 15.2. The molecular formula is C19H15N3O6S. The summed E-state index contributed by atoms with van der Waals surface area (Å²) in [6.45, 7) is -0.484. The van der Waals surface area contributed by atoms with E-state index in [4.69, 9.17) is 9.71 Å². The van der Waals surface area contributed by atoms with Gasteiger partial charge in [-0.2, -0.15) is 8.42 Å². The second-order valence-electron chi connectivity index (χ2n) is 6.91. The summed E-state index contributed by atoms with van der Waals surface area (Å²) in [7, 11) is -3.89. The number of hydrogen-bond acceptors (Lipinski definition) is 7. The number of hydrogen-bond donors (Lipinski definition) is 1. The molecule has 29 heavy (non-hydrogen) atoms. The summed E-state index contributed by atoms with van der Waals surface area (Å²) in [5.41, 5.74) is 10.7. The van der Waals surface area contributed by atoms with Crippen LogP contribution in [0.4, 0.5) is 0 Å². The molecule has 0 saturated heterocycles. The minimum absolute atomic E-state index is 0.0521. The zero-order chi connectivity index (χ0) is 20.9. The molecule has 2 unspecified atom stereocenters. The lowest BCUT2D eigenvalue weighted by Gasteiger charge is -2.22. The van der Waals surface area contributed by atoms with Gasteiger partial charge in [-0.1, -0.05) is 29.4 Å². The van der Waals surface area contributed by atoms with E-state index in [9.17, 15) is 23.1 Å². The first-order valence-electron chi connectivity index (χ1n) is 8.67. The second kappa shape index (κ2) is 6.78. The molecule has 0 aromatic heterocycles. The molecule has 0 spiro atoms. The maximum Gasteiger partial charge on any atom is 0.264 e. The monoisotopic (exact) mass is 413 g/mol. The van der Waals surface area contributed by atoms with Crippen LogP contribution in [0.1, 0.15) is 54.6 Å². The van der Waals surface area contributed by atoms with E-state index in [0.29, 0.717) is 11.1 Å². The largest absolute Gasteiger partial charge is 0.392 e. The van der Waals surface area contributed by atoms with Crippen molar-refractivity contribution in [1.82, 2.24) is 0 Å². The molecule has 148 valence electrons. The van der Waals surface area contributed by atoms with Gasteiger partial charge < -0.3 is 5.11 Å². The summed E-state index contributed by atoms with van der Waals surface area (Å²) in [5, 5.41) is 13.5. The van der Waals surface area contributed by atoms with Gasteiger partial charge in [0.15, 0.2) is 11.6 Å². The Bertz CT molecular complexity index is 1230. The summed E-state index contributed by atoms with van der Waals surface area (Å²) in [4.78, 5) is 29.0. The van der Waals surface area contributed by atoms with Crippen LogP contribution in [0.5, 0.6) is 0 Å². The third kappa shape index (κ3) is 3.02. The molecule has 9 nitrogen and oxygen atoms in total. The normalized spacial score (nSPS) is 19.9. The maximum atomic E-state index is 13.2. The van der Waals surface area contributed by atoms with Crippen LogP contribution in [0, 0.1) is 0 Å². The Hall–Kier alpha value is -3.04. The number of azide groups is 1. The predicted octanol–water partition coefficient (Wildman–Crippen LogP) is 2.21. The number of ketones is 2. The molecular weight excluding hydrogens is 398 g/mol. The number of fused-ring (bicyclic) bond motifs is 4. The number of aliphatic hydroxyl groups is 1. The summed E-state index contributed by atoms with van der Waals surface area (Å²) in [5.74, 6) is -0.740. The Labute approximate surface area is 165 Å². The van der Waals surface area contributed by atoms with Crippen LogP contribution in [0.3, 0.4) is 0 Å². The Kier molecular flexibility index (Phi) is 4.51. The van der Waals surface area contributed by atoms with E-state index < -0.39 is 28.9 Å². The quantitative estimate of drug-likeness (QED) is 0.300. The first kappa shape index (κ1) is 19.3. The van der Waals surface area contributed by atoms with Gasteiger partial charge in [-0.15, -0.1) is 0 Å². The number of carbonyl (C=O) groups is 2. The van der Waals surface area contributed by atoms with Crippen molar-refractivity contribution in [3.05, 3.63) is 79.7 Å². The van der Waals surface area contributed by atoms with E-state index in [1.807, 2.05) is 0 Å². The minimum Gasteiger partial charge on any atom is -0.392 e. The predicted molar refractivity (Wildman–Crippen MR) is 101 cm³/mol. The zero-order valence-corrected chi connectivity index (χ0v) is 16.0. The van der Waals surface area contributed by atoms with E-state index in [-0.39, 0.29) is 45.8 Å². The molecule has 0 bridgehead atoms. The molecule has 0 heterocycles. The lowest BCUT2D eigenvalue weighted by Crippen LogP contribution is -2.23. The van der Waals surface area contributed by atoms with Crippen LogP contribution in [0.25, 0.3) is 10.4 Å². The molecule has 2 aromatic carbocycles. The third-order valence-corrected chi connectivity index (χ3v) is 5.74. The van der Waals surface area contributed by atoms with Crippen LogP contribution in [-0.2, 0) is 27.3 Å². The van der Waals surface area contributed by atoms with Crippen molar-refractivity contribution in [2.45, 2.75) is 25.2 Å². The molecule has 0 amide bonds. The van der Waals surface area contributed by atoms with Gasteiger partial charge >= 0.3 is 0 Å². The molecule has 0 saturated carbocycles. The standard InChI is InChI=1S/C19H15N3O6S/c1-29(26,27)28-14-7-12-15(17(14)21-22-20)9(8-23)6-13-16(12)19(25)11-5-3-2-4-10(11)18(13)24/h2-6,14,17,23H,7-8H2,1H3. The van der Waals surface area contributed by atoms with Gasteiger partial charge in [0.05, 0.1) is 25.0 Å². The first-order valence-corrected chi connectivity index (χ1v) is 10.5. The van der Waals surface area contributed by atoms with Gasteiger partial charge in [-0.05, 0) is 28.3 Å². The second-order valence-corrected chi connectivity index (χ2v) is 8.51. The average Bonchev–Trinajstić information content (AvgIpc) is 3.01. The van der Waals surface area contributed by atoms with Crippen LogP contribution in [0.2, 0.25) is 0 Å². The topological polar surface area (TPSA) is 146 Å². The summed E-state index contributed by atoms with van der Waals surface area (Å²) < 4.78 is 28.5. The molecule has 0 aliphatic heterocycles. The highest BCUT2D eigenvalue weighted by Gasteiger charge is 2.42. The highest BCUT2D eigenvalue weighted by Crippen LogP contribution is 2.44. The van der Waals surface area contributed by atoms with Gasteiger partial charge in [0.25, 0.3) is 10.1 Å². The van der Waals surface area contributed by atoms with E-state index in [1.165, 1.54) is 6.07 Å². The van der Waals surface area contributed by atoms with Crippen molar-refractivity contribution in [2.75, 3.05) is 6.26 Å². The highest BCUT2D eigenvalue weighted by atomic mass is 32.2. The lowest BCUT2D eigenvalue weighted by molar-refractivity contribution is 0.0978. The van der Waals surface area contributed by atoms with Crippen molar-refractivity contribution in [2.24, 2.45) is 5.11 Å². The van der Waals surface area contributed by atoms with Gasteiger partial charge in [0.2, 0.25) is 0 Å². The van der Waals surface area contributed by atoms with Gasteiger partial charge in [-0.3, -0.25) is 13.8 Å². The molecule has 1 N–H and O–H groups in total. The van der Waals surface area contributed by atoms with Crippen LogP contribution >= 0.6 is 0 Å². The Morgan fingerprint density at radius 3 is 2.45 bits per heavy atom. The molecule has 0 fully saturated rings. The number of rotatable bonds is 4. The molecule has 2 aliphatic rings. The van der Waals surface area contributed by atoms with Crippen molar-refractivity contribution in [3.63, 3.8) is 0 Å². The fourth-order valence-electron chi connectivity index (χ4n) is 4.12. The Morgan fingerprint density at radius 1 is 1.21 bits per heavy atom. The molecule has 0 radical (unpaired) electrons. The first-order chi connectivity index (χ1) is 13.8. The fraction of sp³-hybridized carbons (Fsp3) is 0.263. The number of aliphatic hydroxyl groups excluding tert-OH is 1. The fourth-order valence-corrected chi connectivity index (χ4v) is 4.74. The molecule has 2 aromatic rings. The average molecular weight is 413 g/mol. The van der Waals surface area contributed by atoms with Crippen LogP contribution < -0.4 is 0 Å². The SMILES string of the molecule is CS(=O)(=O)OC1Cc2c3c(cc(CO)c2C1N=[N+]=[N-])C(=O)c1ccccc1C3=O. The van der Waals surface area contributed by atoms with Crippen LogP contribution in [0.15, 0.2) is 35.4 Å². The van der Waals surface area contributed by atoms with Gasteiger partial charge in [0.1, 0.15) is 0 Å². The van der Waals surface area contributed by atoms with Gasteiger partial charge in [-0.25, -0.2) is 0 Å². The molecule has 2 atom stereocenters. The number of carbonyl (C=O) groups excluding carboxylic acids is 2. The molecule has 10 heteroatoms. The summed E-state index contributed by atoms with van der Waals surface area (Å²) in [6, 6.07) is 6.76. The molecule has 2 aliphatic carbocycles. The number of benzene rings is 2. The third-order valence-electron chi connectivity index (χ3n) is 5.15. The van der Waals surface area contributed by atoms with Crippen molar-refractivity contribution in [3.8, 4) is 0 Å². The Morgan fingerprint density at radius 2 is 1.86 bits per heavy atom. The number of nitrogens with zero attached hydrogens (tertiary/aromatic N) is 3. The molecule has 4 rings (SSSR count). The van der Waals surface area contributed by atoms with E-state index in [1.54, 1.807) is 24.3 Å². The van der Waals surface area contributed by atoms with E-state index in [0.717, 1.165) is 6.26 Å². The Balaban J connectivity index is 1.98. The van der Waals surface area contributed by atoms with Crippen LogP contribution in [-0.4, -0.2) is 37.5 Å².